The molecule has 1 aliphatic heterocycles. The number of nitrogens with zero attached hydrogens (tertiary/aromatic N) is 1. The molecule has 2 amide bonds. The average Bonchev–Trinajstić information content (AvgIpc) is 2.98. The number of methoxy groups -OCH3 is 1. The summed E-state index contributed by atoms with van der Waals surface area (Å²) in [6.07, 6.45) is 0. The molecule has 3 N–H and O–H groups in total. The van der Waals surface area contributed by atoms with E-state index in [0.29, 0.717) is 11.5 Å². The van der Waals surface area contributed by atoms with Crippen molar-refractivity contribution in [1.82, 2.24) is 9.88 Å². The molecule has 1 aliphatic rings. The number of hydrogen-bond donors (Lipinski definition) is 2. The highest BCUT2D eigenvalue weighted by Crippen LogP contribution is 2.32. The van der Waals surface area contributed by atoms with Crippen molar-refractivity contribution in [1.29, 1.82) is 0 Å². The fraction of sp³-hybridized carbons (Fsp3) is 0.0500. The van der Waals surface area contributed by atoms with Gasteiger partial charge in [-0.2, -0.15) is 0 Å². The Morgan fingerprint density at radius 3 is 2.34 bits per heavy atom. The van der Waals surface area contributed by atoms with E-state index in [-0.39, 0.29) is 28.4 Å². The molecule has 0 saturated heterocycles. The molecule has 3 aromatic rings. The van der Waals surface area contributed by atoms with Gasteiger partial charge in [0.2, 0.25) is 0 Å². The van der Waals surface area contributed by atoms with Crippen LogP contribution in [0.3, 0.4) is 0 Å². The molecule has 0 fully saturated rings. The highest BCUT2D eigenvalue weighted by Gasteiger charge is 2.32. The van der Waals surface area contributed by atoms with Gasteiger partial charge in [-0.05, 0) is 36.4 Å². The summed E-state index contributed by atoms with van der Waals surface area (Å²) in [6.45, 7) is 0. The molecule has 0 bridgehead atoms. The van der Waals surface area contributed by atoms with Gasteiger partial charge in [-0.25, -0.2) is 4.39 Å². The Kier molecular flexibility index (Phi) is 4.27. The monoisotopic (exact) mass is 395 g/mol. The van der Waals surface area contributed by atoms with Crippen LogP contribution >= 0.6 is 0 Å². The topological polar surface area (TPSA) is 113 Å². The molecule has 9 heteroatoms. The maximum atomic E-state index is 14.0. The van der Waals surface area contributed by atoms with E-state index in [1.165, 1.54) is 13.2 Å². The van der Waals surface area contributed by atoms with Crippen LogP contribution in [0.5, 0.6) is 17.2 Å². The summed E-state index contributed by atoms with van der Waals surface area (Å²) in [6, 6.07) is 11.1. The summed E-state index contributed by atoms with van der Waals surface area (Å²) in [4.78, 5) is 36.5. The lowest BCUT2D eigenvalue weighted by Crippen LogP contribution is -2.24. The van der Waals surface area contributed by atoms with Crippen LogP contribution in [0.2, 0.25) is 0 Å². The summed E-state index contributed by atoms with van der Waals surface area (Å²) in [5, 5.41) is 2.08. The quantitative estimate of drug-likeness (QED) is 0.655. The van der Waals surface area contributed by atoms with Gasteiger partial charge in [-0.1, -0.05) is 0 Å². The first-order valence-electron chi connectivity index (χ1n) is 8.42. The molecule has 146 valence electrons. The number of nitrogen functional groups attached to an aromatic ring is 1. The first-order valence-corrected chi connectivity index (χ1v) is 8.42. The fourth-order valence-corrected chi connectivity index (χ4v) is 3.05. The van der Waals surface area contributed by atoms with Gasteiger partial charge >= 0.3 is 0 Å². The number of hydrogen-bond acceptors (Lipinski definition) is 6. The number of pyridine rings is 1. The second kappa shape index (κ2) is 6.79. The molecule has 0 saturated carbocycles. The predicted molar refractivity (Wildman–Crippen MR) is 101 cm³/mol. The number of amides is 2. The molecule has 2 heterocycles. The molecule has 0 spiro atoms. The lowest BCUT2D eigenvalue weighted by atomic mass is 10.1. The molecule has 0 aliphatic carbocycles. The number of anilines is 1. The van der Waals surface area contributed by atoms with Gasteiger partial charge in [0.1, 0.15) is 23.1 Å². The maximum Gasteiger partial charge on any atom is 0.262 e. The normalized spacial score (nSPS) is 12.5. The lowest BCUT2D eigenvalue weighted by molar-refractivity contribution is 0.0880. The summed E-state index contributed by atoms with van der Waals surface area (Å²) < 4.78 is 25.8. The van der Waals surface area contributed by atoms with E-state index in [0.717, 1.165) is 22.8 Å². The highest BCUT2D eigenvalue weighted by atomic mass is 19.1. The summed E-state index contributed by atoms with van der Waals surface area (Å²) in [7, 11) is 1.53. The minimum atomic E-state index is -0.731. The summed E-state index contributed by atoms with van der Waals surface area (Å²) in [5.74, 6) is -1.24. The number of rotatable bonds is 4. The number of imide groups is 1. The van der Waals surface area contributed by atoms with Crippen LogP contribution < -0.4 is 26.1 Å². The van der Waals surface area contributed by atoms with E-state index in [4.69, 9.17) is 15.2 Å². The minimum Gasteiger partial charge on any atom is -0.497 e. The number of carbonyl (C=O) groups excluding carboxylic acids is 2. The smallest absolute Gasteiger partial charge is 0.262 e. The van der Waals surface area contributed by atoms with Crippen molar-refractivity contribution >= 4 is 17.6 Å². The van der Waals surface area contributed by atoms with Crippen LogP contribution in [0.15, 0.2) is 53.3 Å². The number of nitrogens with one attached hydrogen (secondary N) is 1. The van der Waals surface area contributed by atoms with Gasteiger partial charge in [0.15, 0.2) is 5.75 Å². The molecule has 0 atom stereocenters. The van der Waals surface area contributed by atoms with Gasteiger partial charge in [-0.15, -0.1) is 0 Å². The average molecular weight is 395 g/mol. The van der Waals surface area contributed by atoms with E-state index >= 15 is 0 Å². The molecular formula is C20H14FN3O5. The third kappa shape index (κ3) is 3.08. The zero-order valence-electron chi connectivity index (χ0n) is 15.1. The Balaban J connectivity index is 1.87. The second-order valence-electron chi connectivity index (χ2n) is 6.16. The van der Waals surface area contributed by atoms with E-state index in [1.807, 2.05) is 0 Å². The zero-order valence-corrected chi connectivity index (χ0v) is 15.1. The van der Waals surface area contributed by atoms with Crippen LogP contribution in [-0.4, -0.2) is 23.5 Å². The summed E-state index contributed by atoms with van der Waals surface area (Å²) >= 11 is 0. The molecule has 8 nitrogen and oxygen atoms in total. The molecule has 0 unspecified atom stereocenters. The first-order chi connectivity index (χ1) is 13.9. The number of carbonyl (C=O) groups is 2. The number of halogens is 1. The van der Waals surface area contributed by atoms with E-state index < -0.39 is 23.2 Å². The third-order valence-corrected chi connectivity index (χ3v) is 4.40. The van der Waals surface area contributed by atoms with Crippen molar-refractivity contribution in [2.45, 2.75) is 0 Å². The number of benzene rings is 2. The SMILES string of the molecule is COc1ccc(Oc2ccc(F)cc2-n2c(N)c3c(cc2=O)C(=O)NC3=O)cc1. The molecule has 29 heavy (non-hydrogen) atoms. The third-order valence-electron chi connectivity index (χ3n) is 4.40. The van der Waals surface area contributed by atoms with Crippen LogP contribution in [0.1, 0.15) is 20.7 Å². The van der Waals surface area contributed by atoms with Gasteiger partial charge < -0.3 is 15.2 Å². The minimum absolute atomic E-state index is 0.0155. The van der Waals surface area contributed by atoms with Crippen molar-refractivity contribution < 1.29 is 23.5 Å². The summed E-state index contributed by atoms with van der Waals surface area (Å²) in [5.41, 5.74) is 5.03. The van der Waals surface area contributed by atoms with Crippen molar-refractivity contribution in [2.24, 2.45) is 0 Å². The molecule has 2 aromatic carbocycles. The van der Waals surface area contributed by atoms with Crippen molar-refractivity contribution in [2.75, 3.05) is 12.8 Å². The largest absolute Gasteiger partial charge is 0.497 e. The van der Waals surface area contributed by atoms with Crippen LogP contribution in [0.4, 0.5) is 10.2 Å². The molecule has 4 rings (SSSR count). The predicted octanol–water partition coefficient (Wildman–Crippen LogP) is 2.24. The Morgan fingerprint density at radius 1 is 0.966 bits per heavy atom. The van der Waals surface area contributed by atoms with E-state index in [1.54, 1.807) is 24.3 Å². The Bertz CT molecular complexity index is 1220. The zero-order chi connectivity index (χ0) is 20.7. The van der Waals surface area contributed by atoms with Crippen molar-refractivity contribution in [3.8, 4) is 22.9 Å². The number of fused-ring (bicyclic) bond motifs is 1. The first kappa shape index (κ1) is 18.2. The van der Waals surface area contributed by atoms with Gasteiger partial charge in [0.05, 0.1) is 23.9 Å². The van der Waals surface area contributed by atoms with E-state index in [2.05, 4.69) is 5.32 Å². The number of ether oxygens (including phenoxy) is 2. The lowest BCUT2D eigenvalue weighted by Gasteiger charge is -2.16. The molecule has 0 radical (unpaired) electrons. The number of nitrogens with two attached hydrogens (primary N) is 1. The number of aromatic nitrogens is 1. The Morgan fingerprint density at radius 2 is 1.66 bits per heavy atom. The van der Waals surface area contributed by atoms with Crippen LogP contribution in [0, 0.1) is 5.82 Å². The standard InChI is InChI=1S/C20H14FN3O5/c1-28-11-3-5-12(6-4-11)29-15-7-2-10(21)8-14(15)24-16(25)9-13-17(18(24)22)20(27)23-19(13)26/h2-9H,22H2,1H3,(H,23,26,27). The van der Waals surface area contributed by atoms with Crippen LogP contribution in [-0.2, 0) is 0 Å². The molecule has 1 aromatic heterocycles. The van der Waals surface area contributed by atoms with Crippen LogP contribution in [0.25, 0.3) is 5.69 Å². The van der Waals surface area contributed by atoms with Gasteiger partial charge in [0, 0.05) is 12.1 Å². The Labute approximate surface area is 163 Å². The Hall–Kier alpha value is -4.14. The van der Waals surface area contributed by atoms with Crippen molar-refractivity contribution in [3.05, 3.63) is 75.8 Å². The van der Waals surface area contributed by atoms with Gasteiger partial charge in [0.25, 0.3) is 17.4 Å². The second-order valence-corrected chi connectivity index (χ2v) is 6.16. The maximum absolute atomic E-state index is 14.0. The molecular weight excluding hydrogens is 381 g/mol. The van der Waals surface area contributed by atoms with Gasteiger partial charge in [-0.3, -0.25) is 24.3 Å². The fourth-order valence-electron chi connectivity index (χ4n) is 3.05. The van der Waals surface area contributed by atoms with E-state index in [9.17, 15) is 18.8 Å². The van der Waals surface area contributed by atoms with Crippen molar-refractivity contribution in [3.63, 3.8) is 0 Å². The highest BCUT2D eigenvalue weighted by molar-refractivity contribution is 6.23.